The van der Waals surface area contributed by atoms with E-state index in [2.05, 4.69) is 4.98 Å². The van der Waals surface area contributed by atoms with Crippen LogP contribution in [0.25, 0.3) is 0 Å². The van der Waals surface area contributed by atoms with Crippen molar-refractivity contribution in [3.8, 4) is 0 Å². The standard InChI is InChI=1S/C9H8ClF2NO2/c1-4-2-5(3-6(14)15)8(10)13-7(4)9(11)12/h2,9H,3H2,1H3,(H,14,15). The molecule has 0 aromatic carbocycles. The highest BCUT2D eigenvalue weighted by atomic mass is 35.5. The Hall–Kier alpha value is -1.23. The van der Waals surface area contributed by atoms with E-state index in [9.17, 15) is 13.6 Å². The molecule has 0 bridgehead atoms. The van der Waals surface area contributed by atoms with Crippen molar-refractivity contribution in [1.82, 2.24) is 4.98 Å². The second-order valence-electron chi connectivity index (χ2n) is 3.01. The van der Waals surface area contributed by atoms with Gasteiger partial charge in [0.25, 0.3) is 6.43 Å². The van der Waals surface area contributed by atoms with E-state index in [1.807, 2.05) is 0 Å². The van der Waals surface area contributed by atoms with Crippen LogP contribution in [-0.4, -0.2) is 16.1 Å². The maximum Gasteiger partial charge on any atom is 0.307 e. The predicted molar refractivity (Wildman–Crippen MR) is 50.3 cm³/mol. The van der Waals surface area contributed by atoms with Gasteiger partial charge in [-0.15, -0.1) is 0 Å². The van der Waals surface area contributed by atoms with Crippen LogP contribution in [0.15, 0.2) is 6.07 Å². The Morgan fingerprint density at radius 2 is 2.27 bits per heavy atom. The molecule has 15 heavy (non-hydrogen) atoms. The Morgan fingerprint density at radius 1 is 1.67 bits per heavy atom. The van der Waals surface area contributed by atoms with Crippen LogP contribution in [0.1, 0.15) is 23.2 Å². The van der Waals surface area contributed by atoms with Crippen LogP contribution < -0.4 is 0 Å². The van der Waals surface area contributed by atoms with Crippen molar-refractivity contribution in [3.05, 3.63) is 28.0 Å². The minimum absolute atomic E-state index is 0.182. The Balaban J connectivity index is 3.13. The van der Waals surface area contributed by atoms with Gasteiger partial charge in [0.2, 0.25) is 0 Å². The van der Waals surface area contributed by atoms with Gasteiger partial charge in [-0.2, -0.15) is 0 Å². The summed E-state index contributed by atoms with van der Waals surface area (Å²) in [5, 5.41) is 8.34. The van der Waals surface area contributed by atoms with Crippen LogP contribution in [0.5, 0.6) is 0 Å². The smallest absolute Gasteiger partial charge is 0.307 e. The molecule has 1 rings (SSSR count). The zero-order valence-electron chi connectivity index (χ0n) is 7.80. The van der Waals surface area contributed by atoms with Crippen molar-refractivity contribution in [2.75, 3.05) is 0 Å². The number of hydrogen-bond acceptors (Lipinski definition) is 2. The number of carbonyl (C=O) groups is 1. The molecule has 1 aromatic heterocycles. The molecule has 0 aliphatic carbocycles. The number of halogens is 3. The molecule has 0 saturated heterocycles. The van der Waals surface area contributed by atoms with Gasteiger partial charge in [0.05, 0.1) is 6.42 Å². The number of aryl methyl sites for hydroxylation is 1. The van der Waals surface area contributed by atoms with Crippen molar-refractivity contribution in [2.45, 2.75) is 19.8 Å². The van der Waals surface area contributed by atoms with E-state index in [0.717, 1.165) is 0 Å². The summed E-state index contributed by atoms with van der Waals surface area (Å²) in [4.78, 5) is 13.9. The summed E-state index contributed by atoms with van der Waals surface area (Å²) >= 11 is 5.58. The van der Waals surface area contributed by atoms with E-state index in [1.54, 1.807) is 0 Å². The lowest BCUT2D eigenvalue weighted by Crippen LogP contribution is -2.04. The van der Waals surface area contributed by atoms with Crippen molar-refractivity contribution >= 4 is 17.6 Å². The van der Waals surface area contributed by atoms with Gasteiger partial charge in [0, 0.05) is 5.56 Å². The molecule has 0 unspecified atom stereocenters. The molecule has 82 valence electrons. The Morgan fingerprint density at radius 3 is 2.73 bits per heavy atom. The summed E-state index contributed by atoms with van der Waals surface area (Å²) in [5.41, 5.74) is 0.0749. The van der Waals surface area contributed by atoms with Crippen LogP contribution in [0.2, 0.25) is 5.15 Å². The summed E-state index contributed by atoms with van der Waals surface area (Å²) in [5.74, 6) is -1.08. The molecule has 0 spiro atoms. The molecule has 0 fully saturated rings. The average molecular weight is 236 g/mol. The van der Waals surface area contributed by atoms with Crippen LogP contribution in [0.4, 0.5) is 8.78 Å². The summed E-state index contributed by atoms with van der Waals surface area (Å²) < 4.78 is 24.7. The van der Waals surface area contributed by atoms with E-state index in [0.29, 0.717) is 0 Å². The molecule has 1 aromatic rings. The summed E-state index contributed by atoms with van der Waals surface area (Å²) in [6.07, 6.45) is -3.03. The Bertz CT molecular complexity index is 396. The quantitative estimate of drug-likeness (QED) is 0.820. The molecule has 1 heterocycles. The number of carboxylic acids is 1. The molecule has 0 amide bonds. The highest BCUT2D eigenvalue weighted by Crippen LogP contribution is 2.25. The van der Waals surface area contributed by atoms with Crippen molar-refractivity contribution in [1.29, 1.82) is 0 Å². The van der Waals surface area contributed by atoms with Crippen molar-refractivity contribution in [3.63, 3.8) is 0 Å². The maximum absolute atomic E-state index is 12.4. The lowest BCUT2D eigenvalue weighted by atomic mass is 10.1. The van der Waals surface area contributed by atoms with E-state index >= 15 is 0 Å². The zero-order chi connectivity index (χ0) is 11.6. The molecule has 0 atom stereocenters. The first-order valence-electron chi connectivity index (χ1n) is 4.07. The van der Waals surface area contributed by atoms with Crippen LogP contribution in [0, 0.1) is 6.92 Å². The molecule has 0 aliphatic rings. The average Bonchev–Trinajstić information content (AvgIpc) is 2.09. The number of rotatable bonds is 3. The summed E-state index contributed by atoms with van der Waals surface area (Å²) in [6, 6.07) is 1.32. The van der Waals surface area contributed by atoms with E-state index in [4.69, 9.17) is 16.7 Å². The first-order valence-corrected chi connectivity index (χ1v) is 4.45. The Kier molecular flexibility index (Phi) is 3.57. The second kappa shape index (κ2) is 4.53. The SMILES string of the molecule is Cc1cc(CC(=O)O)c(Cl)nc1C(F)F. The number of hydrogen-bond donors (Lipinski definition) is 1. The van der Waals surface area contributed by atoms with Gasteiger partial charge in [-0.1, -0.05) is 17.7 Å². The fraction of sp³-hybridized carbons (Fsp3) is 0.333. The first-order chi connectivity index (χ1) is 6.91. The number of nitrogens with zero attached hydrogens (tertiary/aromatic N) is 1. The Labute approximate surface area is 89.7 Å². The van der Waals surface area contributed by atoms with Crippen LogP contribution in [0.3, 0.4) is 0 Å². The van der Waals surface area contributed by atoms with Gasteiger partial charge in [-0.3, -0.25) is 4.79 Å². The maximum atomic E-state index is 12.4. The number of aliphatic carboxylic acids is 1. The highest BCUT2D eigenvalue weighted by Gasteiger charge is 2.16. The fourth-order valence-corrected chi connectivity index (χ4v) is 1.38. The fourth-order valence-electron chi connectivity index (χ4n) is 1.17. The van der Waals surface area contributed by atoms with Gasteiger partial charge < -0.3 is 5.11 Å². The zero-order valence-corrected chi connectivity index (χ0v) is 8.55. The number of carboxylic acid groups (broad SMARTS) is 1. The van der Waals surface area contributed by atoms with Gasteiger partial charge in [-0.25, -0.2) is 13.8 Å². The number of pyridine rings is 1. The monoisotopic (exact) mass is 235 g/mol. The van der Waals surface area contributed by atoms with Gasteiger partial charge in [0.1, 0.15) is 10.8 Å². The summed E-state index contributed by atoms with van der Waals surface area (Å²) in [7, 11) is 0. The lowest BCUT2D eigenvalue weighted by Gasteiger charge is -2.07. The third-order valence-electron chi connectivity index (χ3n) is 1.83. The first kappa shape index (κ1) is 11.8. The van der Waals surface area contributed by atoms with E-state index < -0.39 is 18.1 Å². The van der Waals surface area contributed by atoms with Crippen molar-refractivity contribution < 1.29 is 18.7 Å². The van der Waals surface area contributed by atoms with Crippen LogP contribution in [-0.2, 0) is 11.2 Å². The molecule has 0 radical (unpaired) electrons. The van der Waals surface area contributed by atoms with Gasteiger partial charge >= 0.3 is 5.97 Å². The third-order valence-corrected chi connectivity index (χ3v) is 2.15. The molecule has 3 nitrogen and oxygen atoms in total. The third kappa shape index (κ3) is 2.86. The van der Waals surface area contributed by atoms with Gasteiger partial charge in [-0.05, 0) is 12.5 Å². The predicted octanol–water partition coefficient (Wildman–Crippen LogP) is 2.61. The minimum atomic E-state index is -2.71. The largest absolute Gasteiger partial charge is 0.481 e. The highest BCUT2D eigenvalue weighted by molar-refractivity contribution is 6.30. The molecular weight excluding hydrogens is 228 g/mol. The van der Waals surface area contributed by atoms with E-state index in [1.165, 1.54) is 13.0 Å². The van der Waals surface area contributed by atoms with Crippen molar-refractivity contribution in [2.24, 2.45) is 0 Å². The lowest BCUT2D eigenvalue weighted by molar-refractivity contribution is -0.136. The van der Waals surface area contributed by atoms with Gasteiger partial charge in [0.15, 0.2) is 0 Å². The molecule has 1 N–H and O–H groups in total. The minimum Gasteiger partial charge on any atom is -0.481 e. The molecule has 0 saturated carbocycles. The van der Waals surface area contributed by atoms with Crippen LogP contribution >= 0.6 is 11.6 Å². The summed E-state index contributed by atoms with van der Waals surface area (Å²) in [6.45, 7) is 1.44. The van der Waals surface area contributed by atoms with E-state index in [-0.39, 0.29) is 22.7 Å². The normalized spacial score (nSPS) is 10.7. The molecule has 0 aliphatic heterocycles. The molecular formula is C9H8ClF2NO2. The molecule has 6 heteroatoms. The topological polar surface area (TPSA) is 50.2 Å². The number of alkyl halides is 2. The number of aromatic nitrogens is 1. The second-order valence-corrected chi connectivity index (χ2v) is 3.37.